The van der Waals surface area contributed by atoms with Crippen LogP contribution in [0.2, 0.25) is 0 Å². The fourth-order valence-electron chi connectivity index (χ4n) is 4.72. The van der Waals surface area contributed by atoms with Crippen LogP contribution >= 0.6 is 0 Å². The molecule has 1 aliphatic carbocycles. The number of Topliss-reactive ketones (excluding diaryl/α,β-unsaturated/α-hetero) is 1. The van der Waals surface area contributed by atoms with E-state index < -0.39 is 11.9 Å². The van der Waals surface area contributed by atoms with Crippen LogP contribution < -0.4 is 0 Å². The van der Waals surface area contributed by atoms with Gasteiger partial charge in [-0.05, 0) is 24.7 Å². The minimum Gasteiger partial charge on any atom is -0.349 e. The second-order valence-electron chi connectivity index (χ2n) is 7.50. The first kappa shape index (κ1) is 17.4. The highest BCUT2D eigenvalue weighted by atomic mass is 16.7. The lowest BCUT2D eigenvalue weighted by molar-refractivity contribution is -0.295. The summed E-state index contributed by atoms with van der Waals surface area (Å²) in [5, 5.41) is 0. The first-order chi connectivity index (χ1) is 12.7. The van der Waals surface area contributed by atoms with Crippen LogP contribution in [0.25, 0.3) is 0 Å². The molecule has 4 rings (SSSR count). The van der Waals surface area contributed by atoms with E-state index in [0.717, 1.165) is 30.4 Å². The van der Waals surface area contributed by atoms with Crippen LogP contribution in [0.15, 0.2) is 60.7 Å². The van der Waals surface area contributed by atoms with Gasteiger partial charge in [0.15, 0.2) is 11.6 Å². The first-order valence-corrected chi connectivity index (χ1v) is 9.61. The van der Waals surface area contributed by atoms with Crippen molar-refractivity contribution < 1.29 is 14.3 Å². The van der Waals surface area contributed by atoms with Crippen LogP contribution in [0, 0.1) is 11.8 Å². The summed E-state index contributed by atoms with van der Waals surface area (Å²) in [5.41, 5.74) is 1.72. The molecular weight excluding hydrogens is 324 g/mol. The molecule has 1 saturated heterocycles. The predicted molar refractivity (Wildman–Crippen MR) is 101 cm³/mol. The third kappa shape index (κ3) is 3.10. The maximum absolute atomic E-state index is 13.3. The van der Waals surface area contributed by atoms with E-state index in [-0.39, 0.29) is 11.7 Å². The monoisotopic (exact) mass is 350 g/mol. The van der Waals surface area contributed by atoms with Gasteiger partial charge < -0.3 is 9.47 Å². The molecule has 2 aromatic carbocycles. The summed E-state index contributed by atoms with van der Waals surface area (Å²) in [5.74, 6) is -0.0205. The van der Waals surface area contributed by atoms with E-state index in [4.69, 9.17) is 9.47 Å². The van der Waals surface area contributed by atoms with Crippen LogP contribution in [0.1, 0.15) is 48.0 Å². The van der Waals surface area contributed by atoms with E-state index in [2.05, 4.69) is 0 Å². The summed E-state index contributed by atoms with van der Waals surface area (Å²) >= 11 is 0. The van der Waals surface area contributed by atoms with Crippen molar-refractivity contribution in [2.45, 2.75) is 44.0 Å². The number of ether oxygens (including phenoxy) is 2. The largest absolute Gasteiger partial charge is 0.349 e. The molecular formula is C23H26O3. The molecule has 0 bridgehead atoms. The summed E-state index contributed by atoms with van der Waals surface area (Å²) in [6.07, 6.45) is 4.97. The Morgan fingerprint density at radius 1 is 1.00 bits per heavy atom. The van der Waals surface area contributed by atoms with Gasteiger partial charge in [0.05, 0.1) is 0 Å². The Kier molecular flexibility index (Phi) is 4.92. The molecule has 3 heteroatoms. The fraction of sp³-hybridized carbons (Fsp3) is 0.435. The lowest BCUT2D eigenvalue weighted by Crippen LogP contribution is -2.52. The highest BCUT2D eigenvalue weighted by Gasteiger charge is 2.51. The van der Waals surface area contributed by atoms with Crippen LogP contribution in [-0.4, -0.2) is 19.0 Å². The summed E-state index contributed by atoms with van der Waals surface area (Å²) in [4.78, 5) is 13.3. The molecule has 1 aliphatic heterocycles. The Balaban J connectivity index is 1.72. The van der Waals surface area contributed by atoms with Gasteiger partial charge in [-0.25, -0.2) is 0 Å². The summed E-state index contributed by atoms with van der Waals surface area (Å²) in [7, 11) is 1.69. The van der Waals surface area contributed by atoms with Crippen molar-refractivity contribution >= 4 is 5.78 Å². The quantitative estimate of drug-likeness (QED) is 0.731. The van der Waals surface area contributed by atoms with Crippen molar-refractivity contribution in [2.24, 2.45) is 11.8 Å². The van der Waals surface area contributed by atoms with E-state index >= 15 is 0 Å². The summed E-state index contributed by atoms with van der Waals surface area (Å²) in [6.45, 7) is 0. The number of hydrogen-bond donors (Lipinski definition) is 0. The molecule has 2 fully saturated rings. The smallest absolute Gasteiger partial charge is 0.195 e. The lowest BCUT2D eigenvalue weighted by Gasteiger charge is -2.49. The van der Waals surface area contributed by atoms with Crippen molar-refractivity contribution in [3.63, 3.8) is 0 Å². The van der Waals surface area contributed by atoms with Crippen LogP contribution in [0.5, 0.6) is 0 Å². The number of carbonyl (C=O) groups excluding carboxylic acids is 1. The van der Waals surface area contributed by atoms with Crippen molar-refractivity contribution in [2.75, 3.05) is 7.11 Å². The van der Waals surface area contributed by atoms with Gasteiger partial charge >= 0.3 is 0 Å². The molecule has 0 aromatic heterocycles. The molecule has 0 unspecified atom stereocenters. The predicted octanol–water partition coefficient (Wildman–Crippen LogP) is 4.96. The van der Waals surface area contributed by atoms with E-state index in [1.54, 1.807) is 7.11 Å². The molecule has 0 spiro atoms. The summed E-state index contributed by atoms with van der Waals surface area (Å²) < 4.78 is 12.5. The Labute approximate surface area is 155 Å². The molecule has 2 aromatic rings. The molecule has 0 amide bonds. The first-order valence-electron chi connectivity index (χ1n) is 9.61. The van der Waals surface area contributed by atoms with E-state index in [1.807, 2.05) is 60.7 Å². The topological polar surface area (TPSA) is 35.5 Å². The maximum Gasteiger partial charge on any atom is 0.195 e. The van der Waals surface area contributed by atoms with Gasteiger partial charge in [-0.3, -0.25) is 4.79 Å². The van der Waals surface area contributed by atoms with Crippen LogP contribution in [-0.2, 0) is 15.3 Å². The number of ketones is 1. The van der Waals surface area contributed by atoms with Crippen molar-refractivity contribution in [1.82, 2.24) is 0 Å². The average Bonchev–Trinajstić information content (AvgIpc) is 2.73. The highest BCUT2D eigenvalue weighted by molar-refractivity contribution is 5.99. The highest BCUT2D eigenvalue weighted by Crippen LogP contribution is 2.49. The standard InChI is InChI=1S/C23H26O3/c1-25-23(19-13-6-3-7-14-19)16-18-12-8-9-15-20(18)22(26-23)21(24)17-10-4-2-5-11-17/h2-7,10-11,13-14,18,20,22H,8-9,12,15-16H2,1H3/t18-,20+,22+,23-/m1/s1. The minimum atomic E-state index is -0.838. The van der Waals surface area contributed by atoms with E-state index in [0.29, 0.717) is 5.92 Å². The Morgan fingerprint density at radius 2 is 1.65 bits per heavy atom. The molecule has 0 radical (unpaired) electrons. The van der Waals surface area contributed by atoms with Gasteiger partial charge in [0.1, 0.15) is 6.10 Å². The zero-order chi connectivity index (χ0) is 18.0. The third-order valence-corrected chi connectivity index (χ3v) is 6.07. The van der Waals surface area contributed by atoms with Crippen LogP contribution in [0.3, 0.4) is 0 Å². The maximum atomic E-state index is 13.3. The molecule has 2 aliphatic rings. The number of fused-ring (bicyclic) bond motifs is 1. The molecule has 136 valence electrons. The second-order valence-corrected chi connectivity index (χ2v) is 7.50. The van der Waals surface area contributed by atoms with Gasteiger partial charge in [-0.2, -0.15) is 0 Å². The normalized spacial score (nSPS) is 31.2. The van der Waals surface area contributed by atoms with E-state index in [1.165, 1.54) is 12.8 Å². The Hall–Kier alpha value is -1.97. The Morgan fingerprint density at radius 3 is 2.35 bits per heavy atom. The lowest BCUT2D eigenvalue weighted by atomic mass is 9.69. The van der Waals surface area contributed by atoms with Gasteiger partial charge in [-0.1, -0.05) is 73.5 Å². The molecule has 1 heterocycles. The van der Waals surface area contributed by atoms with Crippen molar-refractivity contribution in [3.05, 3.63) is 71.8 Å². The zero-order valence-corrected chi connectivity index (χ0v) is 15.3. The average molecular weight is 350 g/mol. The number of methoxy groups -OCH3 is 1. The fourth-order valence-corrected chi connectivity index (χ4v) is 4.72. The number of rotatable bonds is 4. The number of hydrogen-bond acceptors (Lipinski definition) is 3. The summed E-state index contributed by atoms with van der Waals surface area (Å²) in [6, 6.07) is 19.6. The van der Waals surface area contributed by atoms with Crippen LogP contribution in [0.4, 0.5) is 0 Å². The van der Waals surface area contributed by atoms with Gasteiger partial charge in [0, 0.05) is 24.7 Å². The van der Waals surface area contributed by atoms with Gasteiger partial charge in [-0.15, -0.1) is 0 Å². The zero-order valence-electron chi connectivity index (χ0n) is 15.3. The third-order valence-electron chi connectivity index (χ3n) is 6.07. The van der Waals surface area contributed by atoms with Gasteiger partial charge in [0.2, 0.25) is 0 Å². The molecule has 3 nitrogen and oxygen atoms in total. The molecule has 0 N–H and O–H groups in total. The number of benzene rings is 2. The second kappa shape index (κ2) is 7.34. The van der Waals surface area contributed by atoms with Crippen molar-refractivity contribution in [1.29, 1.82) is 0 Å². The van der Waals surface area contributed by atoms with Gasteiger partial charge in [0.25, 0.3) is 0 Å². The SMILES string of the molecule is CO[C@]1(c2ccccc2)C[C@H]2CCCC[C@@H]2[C@@H](C(=O)c2ccccc2)O1. The number of carbonyl (C=O) groups is 1. The van der Waals surface area contributed by atoms with Crippen molar-refractivity contribution in [3.8, 4) is 0 Å². The Bertz CT molecular complexity index is 743. The molecule has 4 atom stereocenters. The molecule has 26 heavy (non-hydrogen) atoms. The minimum absolute atomic E-state index is 0.0829. The van der Waals surface area contributed by atoms with E-state index in [9.17, 15) is 4.79 Å². The molecule has 1 saturated carbocycles.